The molecule has 2 aliphatic rings. The van der Waals surface area contributed by atoms with Gasteiger partial charge >= 0.3 is 0 Å². The van der Waals surface area contributed by atoms with Gasteiger partial charge in [-0.25, -0.2) is 0 Å². The molecular formula is C18H36N2. The largest absolute Gasteiger partial charge is 0.314 e. The number of hydrogen-bond donors (Lipinski definition) is 1. The molecule has 0 aromatic rings. The highest BCUT2D eigenvalue weighted by Gasteiger charge is 2.33. The summed E-state index contributed by atoms with van der Waals surface area (Å²) in [4.78, 5) is 2.84. The van der Waals surface area contributed by atoms with E-state index in [1.165, 1.54) is 58.0 Å². The van der Waals surface area contributed by atoms with Crippen LogP contribution in [0.1, 0.15) is 72.6 Å². The maximum absolute atomic E-state index is 3.71. The molecule has 0 amide bonds. The van der Waals surface area contributed by atoms with Crippen molar-refractivity contribution in [2.45, 2.75) is 84.7 Å². The van der Waals surface area contributed by atoms with Crippen LogP contribution in [0.4, 0.5) is 0 Å². The highest BCUT2D eigenvalue weighted by atomic mass is 15.2. The molecule has 2 fully saturated rings. The number of likely N-dealkylation sites (tertiary alicyclic amines) is 1. The number of nitrogens with zero attached hydrogens (tertiary/aromatic N) is 1. The van der Waals surface area contributed by atoms with Gasteiger partial charge in [0, 0.05) is 12.1 Å². The van der Waals surface area contributed by atoms with E-state index in [0.29, 0.717) is 11.5 Å². The molecule has 1 saturated heterocycles. The molecule has 0 bridgehead atoms. The molecule has 1 heterocycles. The summed E-state index contributed by atoms with van der Waals surface area (Å²) < 4.78 is 0. The molecular weight excluding hydrogens is 244 g/mol. The molecule has 1 aliphatic heterocycles. The Balaban J connectivity index is 1.87. The third-order valence-corrected chi connectivity index (χ3v) is 5.56. The fraction of sp³-hybridized carbons (Fsp3) is 1.00. The van der Waals surface area contributed by atoms with Crippen LogP contribution in [-0.2, 0) is 0 Å². The van der Waals surface area contributed by atoms with E-state index in [1.807, 2.05) is 0 Å². The van der Waals surface area contributed by atoms with Gasteiger partial charge < -0.3 is 10.2 Å². The fourth-order valence-corrected chi connectivity index (χ4v) is 4.39. The fourth-order valence-electron chi connectivity index (χ4n) is 4.39. The van der Waals surface area contributed by atoms with Crippen LogP contribution in [-0.4, -0.2) is 36.6 Å². The van der Waals surface area contributed by atoms with Gasteiger partial charge in [0.05, 0.1) is 0 Å². The third-order valence-electron chi connectivity index (χ3n) is 5.56. The van der Waals surface area contributed by atoms with E-state index in [0.717, 1.165) is 18.5 Å². The van der Waals surface area contributed by atoms with Crippen molar-refractivity contribution in [3.8, 4) is 0 Å². The monoisotopic (exact) mass is 280 g/mol. The van der Waals surface area contributed by atoms with Crippen LogP contribution in [0.3, 0.4) is 0 Å². The van der Waals surface area contributed by atoms with Gasteiger partial charge in [-0.15, -0.1) is 0 Å². The maximum atomic E-state index is 3.71. The number of hydrogen-bond acceptors (Lipinski definition) is 2. The Morgan fingerprint density at radius 3 is 2.50 bits per heavy atom. The summed E-state index contributed by atoms with van der Waals surface area (Å²) in [6.07, 6.45) is 10.1. The van der Waals surface area contributed by atoms with E-state index in [2.05, 4.69) is 37.9 Å². The van der Waals surface area contributed by atoms with Gasteiger partial charge in [-0.2, -0.15) is 0 Å². The minimum absolute atomic E-state index is 0.373. The summed E-state index contributed by atoms with van der Waals surface area (Å²) in [5, 5.41) is 3.71. The molecule has 3 atom stereocenters. The minimum atomic E-state index is 0.373. The predicted octanol–water partition coefficient (Wildman–Crippen LogP) is 4.06. The second-order valence-corrected chi connectivity index (χ2v) is 8.06. The zero-order valence-electron chi connectivity index (χ0n) is 14.3. The molecule has 2 nitrogen and oxygen atoms in total. The van der Waals surface area contributed by atoms with Crippen molar-refractivity contribution in [2.24, 2.45) is 11.3 Å². The summed E-state index contributed by atoms with van der Waals surface area (Å²) >= 11 is 0. The summed E-state index contributed by atoms with van der Waals surface area (Å²) in [7, 11) is 0. The number of piperidine rings is 1. The second-order valence-electron chi connectivity index (χ2n) is 8.06. The van der Waals surface area contributed by atoms with Gasteiger partial charge in [0.15, 0.2) is 0 Å². The number of nitrogens with one attached hydrogen (secondary N) is 1. The van der Waals surface area contributed by atoms with Gasteiger partial charge in [0.25, 0.3) is 0 Å². The first-order chi connectivity index (χ1) is 9.52. The van der Waals surface area contributed by atoms with Crippen LogP contribution in [0.25, 0.3) is 0 Å². The first-order valence-electron chi connectivity index (χ1n) is 8.99. The highest BCUT2D eigenvalue weighted by Crippen LogP contribution is 2.35. The molecule has 20 heavy (non-hydrogen) atoms. The lowest BCUT2D eigenvalue weighted by Crippen LogP contribution is -2.49. The van der Waals surface area contributed by atoms with E-state index in [-0.39, 0.29) is 0 Å². The molecule has 118 valence electrons. The Bertz CT molecular complexity index is 280. The molecule has 1 N–H and O–H groups in total. The number of rotatable bonds is 5. The zero-order chi connectivity index (χ0) is 14.6. The maximum Gasteiger partial charge on any atom is 0.0128 e. The minimum Gasteiger partial charge on any atom is -0.314 e. The van der Waals surface area contributed by atoms with Gasteiger partial charge in [-0.3, -0.25) is 0 Å². The van der Waals surface area contributed by atoms with Crippen molar-refractivity contribution in [1.29, 1.82) is 0 Å². The third kappa shape index (κ3) is 4.21. The Hall–Kier alpha value is -0.0800. The Morgan fingerprint density at radius 1 is 1.10 bits per heavy atom. The van der Waals surface area contributed by atoms with Crippen molar-refractivity contribution in [1.82, 2.24) is 10.2 Å². The average Bonchev–Trinajstić information content (AvgIpc) is 2.42. The number of fused-ring (bicyclic) bond motifs is 1. The van der Waals surface area contributed by atoms with Crippen LogP contribution in [0.15, 0.2) is 0 Å². The quantitative estimate of drug-likeness (QED) is 0.817. The first kappa shape index (κ1) is 16.3. The predicted molar refractivity (Wildman–Crippen MR) is 88.1 cm³/mol. The summed E-state index contributed by atoms with van der Waals surface area (Å²) in [5.74, 6) is 1.02. The van der Waals surface area contributed by atoms with Crippen molar-refractivity contribution in [3.63, 3.8) is 0 Å². The summed E-state index contributed by atoms with van der Waals surface area (Å²) in [5.41, 5.74) is 0.373. The SMILES string of the molecule is CCNC(CCN1CCC[C@H]2CCCC[C@H]21)C(C)(C)C. The average molecular weight is 280 g/mol. The summed E-state index contributed by atoms with van der Waals surface area (Å²) in [6, 6.07) is 1.57. The second kappa shape index (κ2) is 7.26. The van der Waals surface area contributed by atoms with Crippen LogP contribution in [0.2, 0.25) is 0 Å². The van der Waals surface area contributed by atoms with Crippen LogP contribution in [0.5, 0.6) is 0 Å². The van der Waals surface area contributed by atoms with Gasteiger partial charge in [0.2, 0.25) is 0 Å². The lowest BCUT2D eigenvalue weighted by Gasteiger charge is -2.45. The topological polar surface area (TPSA) is 15.3 Å². The van der Waals surface area contributed by atoms with Crippen LogP contribution in [0, 0.1) is 11.3 Å². The Kier molecular flexibility index (Phi) is 5.92. The van der Waals surface area contributed by atoms with Gasteiger partial charge in [-0.1, -0.05) is 40.5 Å². The molecule has 0 aromatic heterocycles. The summed E-state index contributed by atoms with van der Waals surface area (Å²) in [6.45, 7) is 13.1. The van der Waals surface area contributed by atoms with Crippen molar-refractivity contribution in [2.75, 3.05) is 19.6 Å². The molecule has 0 aromatic carbocycles. The van der Waals surface area contributed by atoms with E-state index >= 15 is 0 Å². The van der Waals surface area contributed by atoms with E-state index in [9.17, 15) is 0 Å². The van der Waals surface area contributed by atoms with Crippen LogP contribution >= 0.6 is 0 Å². The molecule has 2 heteroatoms. The standard InChI is InChI=1S/C18H36N2/c1-5-19-17(18(2,3)4)12-14-20-13-8-10-15-9-6-7-11-16(15)20/h15-17,19H,5-14H2,1-4H3/t15-,16-,17?/m1/s1. The van der Waals surface area contributed by atoms with Crippen molar-refractivity contribution in [3.05, 3.63) is 0 Å². The normalized spacial score (nSPS) is 30.0. The molecule has 0 spiro atoms. The Labute approximate surface area is 126 Å². The van der Waals surface area contributed by atoms with Gasteiger partial charge in [0.1, 0.15) is 0 Å². The molecule has 1 aliphatic carbocycles. The van der Waals surface area contributed by atoms with E-state index < -0.39 is 0 Å². The lowest BCUT2D eigenvalue weighted by atomic mass is 9.78. The van der Waals surface area contributed by atoms with Gasteiger partial charge in [-0.05, 0) is 63.1 Å². The smallest absolute Gasteiger partial charge is 0.0128 e. The first-order valence-corrected chi connectivity index (χ1v) is 8.99. The van der Waals surface area contributed by atoms with E-state index in [1.54, 1.807) is 0 Å². The molecule has 0 radical (unpaired) electrons. The van der Waals surface area contributed by atoms with Crippen molar-refractivity contribution < 1.29 is 0 Å². The molecule has 1 saturated carbocycles. The van der Waals surface area contributed by atoms with Crippen molar-refractivity contribution >= 4 is 0 Å². The Morgan fingerprint density at radius 2 is 1.80 bits per heavy atom. The van der Waals surface area contributed by atoms with E-state index in [4.69, 9.17) is 0 Å². The molecule has 2 rings (SSSR count). The molecule has 1 unspecified atom stereocenters. The van der Waals surface area contributed by atoms with Crippen LogP contribution < -0.4 is 5.32 Å². The lowest BCUT2D eigenvalue weighted by molar-refractivity contribution is 0.0536. The zero-order valence-corrected chi connectivity index (χ0v) is 14.3. The highest BCUT2D eigenvalue weighted by molar-refractivity contribution is 4.89.